The van der Waals surface area contributed by atoms with Gasteiger partial charge < -0.3 is 9.84 Å². The van der Waals surface area contributed by atoms with Crippen LogP contribution in [0.5, 0.6) is 0 Å². The number of esters is 1. The summed E-state index contributed by atoms with van der Waals surface area (Å²) in [6, 6.07) is 0. The Kier molecular flexibility index (Phi) is 7.63. The fourth-order valence-electron chi connectivity index (χ4n) is 3.59. The lowest BCUT2D eigenvalue weighted by Crippen LogP contribution is -2.34. The Hall–Kier alpha value is -1.32. The molecule has 1 unspecified atom stereocenters. The summed E-state index contributed by atoms with van der Waals surface area (Å²) in [4.78, 5) is 22.3. The largest absolute Gasteiger partial charge is 0.478 e. The molecule has 1 aliphatic rings. The molecule has 1 N–H and O–H groups in total. The third-order valence-electron chi connectivity index (χ3n) is 4.75. The highest BCUT2D eigenvalue weighted by atomic mass is 16.6. The molecule has 0 aliphatic heterocycles. The molecule has 1 saturated carbocycles. The molecule has 1 fully saturated rings. The molecule has 0 bridgehead atoms. The van der Waals surface area contributed by atoms with Gasteiger partial charge in [0, 0.05) is 12.2 Å². The minimum Gasteiger partial charge on any atom is -0.478 e. The number of ether oxygens (including phenoxy) is 1. The average molecular weight is 310 g/mol. The highest BCUT2D eigenvalue weighted by molar-refractivity contribution is 5.90. The van der Waals surface area contributed by atoms with Crippen LogP contribution in [0.2, 0.25) is 0 Å². The van der Waals surface area contributed by atoms with Gasteiger partial charge in [-0.15, -0.1) is 0 Å². The van der Waals surface area contributed by atoms with Crippen molar-refractivity contribution in [2.75, 3.05) is 0 Å². The van der Waals surface area contributed by atoms with Crippen LogP contribution in [0.15, 0.2) is 12.2 Å². The van der Waals surface area contributed by atoms with Crippen LogP contribution >= 0.6 is 0 Å². The van der Waals surface area contributed by atoms with Gasteiger partial charge in [-0.3, -0.25) is 0 Å². The van der Waals surface area contributed by atoms with E-state index in [2.05, 4.69) is 13.8 Å². The fraction of sp³-hybridized carbons (Fsp3) is 0.778. The lowest BCUT2D eigenvalue weighted by molar-refractivity contribution is -0.155. The maximum atomic E-state index is 11.8. The van der Waals surface area contributed by atoms with Crippen molar-refractivity contribution in [3.8, 4) is 0 Å². The number of hydrogen-bond acceptors (Lipinski definition) is 3. The summed E-state index contributed by atoms with van der Waals surface area (Å²) in [6.07, 6.45) is 10.7. The van der Waals surface area contributed by atoms with E-state index in [0.717, 1.165) is 37.3 Å². The first kappa shape index (κ1) is 18.7. The van der Waals surface area contributed by atoms with Crippen molar-refractivity contribution < 1.29 is 19.4 Å². The molecule has 0 spiro atoms. The van der Waals surface area contributed by atoms with E-state index in [1.807, 2.05) is 6.92 Å². The van der Waals surface area contributed by atoms with Crippen molar-refractivity contribution in [3.63, 3.8) is 0 Å². The van der Waals surface area contributed by atoms with Crippen molar-refractivity contribution in [1.29, 1.82) is 0 Å². The second-order valence-corrected chi connectivity index (χ2v) is 6.79. The lowest BCUT2D eigenvalue weighted by Gasteiger charge is -2.36. The van der Waals surface area contributed by atoms with Crippen molar-refractivity contribution in [2.45, 2.75) is 77.7 Å². The molecule has 22 heavy (non-hydrogen) atoms. The van der Waals surface area contributed by atoms with Crippen LogP contribution in [0.25, 0.3) is 0 Å². The minimum atomic E-state index is -1.13. The van der Waals surface area contributed by atoms with Crippen molar-refractivity contribution >= 4 is 11.9 Å². The quantitative estimate of drug-likeness (QED) is 0.535. The van der Waals surface area contributed by atoms with Gasteiger partial charge in [-0.2, -0.15) is 0 Å². The number of rotatable bonds is 8. The number of hydrogen-bond donors (Lipinski definition) is 1. The van der Waals surface area contributed by atoms with E-state index in [-0.39, 0.29) is 0 Å². The van der Waals surface area contributed by atoms with Gasteiger partial charge in [0.2, 0.25) is 0 Å². The Balaban J connectivity index is 2.58. The molecule has 4 heteroatoms. The standard InChI is InChI=1S/C18H30O4/c1-4-12-18(3,22-17(21)11-10-16(19)20)13-15-8-6-14(5-2)7-9-15/h10-11,14-15H,4-9,12-13H2,1-3H3,(H,19,20)/b11-10+. The first-order chi connectivity index (χ1) is 10.4. The van der Waals surface area contributed by atoms with Gasteiger partial charge in [-0.05, 0) is 31.6 Å². The first-order valence-electron chi connectivity index (χ1n) is 8.52. The summed E-state index contributed by atoms with van der Waals surface area (Å²) in [6.45, 7) is 6.31. The fourth-order valence-corrected chi connectivity index (χ4v) is 3.59. The molecule has 0 aromatic rings. The maximum absolute atomic E-state index is 11.8. The Bertz CT molecular complexity index is 394. The summed E-state index contributed by atoms with van der Waals surface area (Å²) in [5, 5.41) is 8.58. The van der Waals surface area contributed by atoms with Crippen LogP contribution < -0.4 is 0 Å². The Morgan fingerprint density at radius 2 is 1.73 bits per heavy atom. The number of carbonyl (C=O) groups excluding carboxylic acids is 1. The normalized spacial score (nSPS) is 24.9. The van der Waals surface area contributed by atoms with Crippen molar-refractivity contribution in [1.82, 2.24) is 0 Å². The molecule has 4 nitrogen and oxygen atoms in total. The van der Waals surface area contributed by atoms with Crippen LogP contribution in [-0.4, -0.2) is 22.6 Å². The van der Waals surface area contributed by atoms with Crippen LogP contribution in [-0.2, 0) is 14.3 Å². The van der Waals surface area contributed by atoms with E-state index in [1.54, 1.807) is 0 Å². The average Bonchev–Trinajstić information content (AvgIpc) is 2.46. The second-order valence-electron chi connectivity index (χ2n) is 6.79. The third kappa shape index (κ3) is 6.63. The molecule has 1 atom stereocenters. The second kappa shape index (κ2) is 8.96. The molecule has 1 rings (SSSR count). The molecule has 0 aromatic heterocycles. The van der Waals surface area contributed by atoms with Gasteiger partial charge in [-0.1, -0.05) is 52.4 Å². The zero-order valence-electron chi connectivity index (χ0n) is 14.1. The highest BCUT2D eigenvalue weighted by Gasteiger charge is 2.32. The summed E-state index contributed by atoms with van der Waals surface area (Å²) >= 11 is 0. The molecule has 0 amide bonds. The Labute approximate surface area is 133 Å². The van der Waals surface area contributed by atoms with Gasteiger partial charge in [0.15, 0.2) is 0 Å². The topological polar surface area (TPSA) is 63.6 Å². The summed E-state index contributed by atoms with van der Waals surface area (Å²) in [5.74, 6) is -0.224. The van der Waals surface area contributed by atoms with E-state index < -0.39 is 17.5 Å². The molecule has 126 valence electrons. The van der Waals surface area contributed by atoms with E-state index >= 15 is 0 Å². The molecular weight excluding hydrogens is 280 g/mol. The van der Waals surface area contributed by atoms with Gasteiger partial charge in [-0.25, -0.2) is 9.59 Å². The predicted molar refractivity (Wildman–Crippen MR) is 86.5 cm³/mol. The number of aliphatic carboxylic acids is 1. The smallest absolute Gasteiger partial charge is 0.331 e. The first-order valence-corrected chi connectivity index (χ1v) is 8.52. The SMILES string of the molecule is CCCC(C)(CC1CCC(CC)CC1)OC(=O)/C=C/C(=O)O. The van der Waals surface area contributed by atoms with Crippen LogP contribution in [0, 0.1) is 11.8 Å². The Morgan fingerprint density at radius 3 is 2.23 bits per heavy atom. The van der Waals surface area contributed by atoms with E-state index in [4.69, 9.17) is 9.84 Å². The number of carboxylic acids is 1. The van der Waals surface area contributed by atoms with Gasteiger partial charge >= 0.3 is 11.9 Å². The van der Waals surface area contributed by atoms with Gasteiger partial charge in [0.1, 0.15) is 5.60 Å². The molecular formula is C18H30O4. The molecule has 0 saturated heterocycles. The Morgan fingerprint density at radius 1 is 1.14 bits per heavy atom. The van der Waals surface area contributed by atoms with Crippen LogP contribution in [0.3, 0.4) is 0 Å². The maximum Gasteiger partial charge on any atom is 0.331 e. The zero-order chi connectivity index (χ0) is 16.6. The lowest BCUT2D eigenvalue weighted by atomic mass is 9.75. The highest BCUT2D eigenvalue weighted by Crippen LogP contribution is 2.37. The molecule has 0 radical (unpaired) electrons. The monoisotopic (exact) mass is 310 g/mol. The number of carbonyl (C=O) groups is 2. The van der Waals surface area contributed by atoms with Crippen molar-refractivity contribution in [3.05, 3.63) is 12.2 Å². The minimum absolute atomic E-state index is 0.488. The molecule has 0 aromatic carbocycles. The zero-order valence-corrected chi connectivity index (χ0v) is 14.1. The van der Waals surface area contributed by atoms with Crippen molar-refractivity contribution in [2.24, 2.45) is 11.8 Å². The summed E-state index contributed by atoms with van der Waals surface area (Å²) in [7, 11) is 0. The van der Waals surface area contributed by atoms with Gasteiger partial charge in [0.25, 0.3) is 0 Å². The van der Waals surface area contributed by atoms with E-state index in [9.17, 15) is 9.59 Å². The summed E-state index contributed by atoms with van der Waals surface area (Å²) in [5.41, 5.74) is -0.488. The van der Waals surface area contributed by atoms with E-state index in [1.165, 1.54) is 32.1 Å². The molecule has 0 heterocycles. The van der Waals surface area contributed by atoms with Crippen LogP contribution in [0.4, 0.5) is 0 Å². The predicted octanol–water partition coefficient (Wildman–Crippen LogP) is 4.34. The summed E-state index contributed by atoms with van der Waals surface area (Å²) < 4.78 is 5.60. The van der Waals surface area contributed by atoms with Gasteiger partial charge in [0.05, 0.1) is 0 Å². The van der Waals surface area contributed by atoms with Crippen LogP contribution in [0.1, 0.15) is 72.1 Å². The number of carboxylic acid groups (broad SMARTS) is 1. The third-order valence-corrected chi connectivity index (χ3v) is 4.75. The molecule has 1 aliphatic carbocycles. The van der Waals surface area contributed by atoms with E-state index in [0.29, 0.717) is 5.92 Å².